The van der Waals surface area contributed by atoms with E-state index in [0.29, 0.717) is 0 Å². The molecule has 0 saturated carbocycles. The number of aromatic nitrogens is 1. The molecule has 0 aliphatic heterocycles. The van der Waals surface area contributed by atoms with E-state index in [0.717, 1.165) is 23.0 Å². The van der Waals surface area contributed by atoms with Crippen molar-refractivity contribution in [3.8, 4) is 0 Å². The number of nitrogens with two attached hydrogens (primary N) is 1. The van der Waals surface area contributed by atoms with Crippen molar-refractivity contribution in [1.29, 1.82) is 0 Å². The van der Waals surface area contributed by atoms with Gasteiger partial charge in [0.2, 0.25) is 0 Å². The first-order valence-electron chi connectivity index (χ1n) is 5.93. The maximum absolute atomic E-state index is 6.34. The summed E-state index contributed by atoms with van der Waals surface area (Å²) in [5.41, 5.74) is 7.39. The van der Waals surface area contributed by atoms with Crippen molar-refractivity contribution in [3.63, 3.8) is 0 Å². The molecule has 0 fully saturated rings. The predicted octanol–water partition coefficient (Wildman–Crippen LogP) is 2.44. The molecule has 0 aromatic carbocycles. The first kappa shape index (κ1) is 14.6. The van der Waals surface area contributed by atoms with Crippen molar-refractivity contribution >= 4 is 15.9 Å². The number of rotatable bonds is 5. The molecule has 0 spiro atoms. The first-order chi connectivity index (χ1) is 7.90. The van der Waals surface area contributed by atoms with Gasteiger partial charge in [0.15, 0.2) is 0 Å². The third-order valence-electron chi connectivity index (χ3n) is 3.75. The van der Waals surface area contributed by atoms with Crippen LogP contribution >= 0.6 is 15.9 Å². The van der Waals surface area contributed by atoms with Crippen LogP contribution in [0.25, 0.3) is 0 Å². The van der Waals surface area contributed by atoms with E-state index in [-0.39, 0.29) is 11.6 Å². The summed E-state index contributed by atoms with van der Waals surface area (Å²) in [5, 5.41) is 0. The SMILES string of the molecule is CCC(C)(C(N)Cc1ccc(Br)cn1)N(C)C. The van der Waals surface area contributed by atoms with E-state index in [2.05, 4.69) is 53.8 Å². The first-order valence-corrected chi connectivity index (χ1v) is 6.73. The molecule has 1 heterocycles. The highest BCUT2D eigenvalue weighted by Gasteiger charge is 2.32. The van der Waals surface area contributed by atoms with Gasteiger partial charge >= 0.3 is 0 Å². The summed E-state index contributed by atoms with van der Waals surface area (Å²) in [6, 6.07) is 4.11. The molecule has 1 rings (SSSR count). The molecule has 0 aliphatic rings. The second-order valence-corrected chi connectivity index (χ2v) is 5.80. The maximum atomic E-state index is 6.34. The molecule has 0 radical (unpaired) electrons. The van der Waals surface area contributed by atoms with Crippen LogP contribution in [0.4, 0.5) is 0 Å². The van der Waals surface area contributed by atoms with Crippen LogP contribution in [0.1, 0.15) is 26.0 Å². The van der Waals surface area contributed by atoms with E-state index < -0.39 is 0 Å². The van der Waals surface area contributed by atoms with Gasteiger partial charge in [0.1, 0.15) is 0 Å². The summed E-state index contributed by atoms with van der Waals surface area (Å²) < 4.78 is 1.00. The fourth-order valence-electron chi connectivity index (χ4n) is 1.88. The Balaban J connectivity index is 2.77. The molecule has 0 aliphatic carbocycles. The van der Waals surface area contributed by atoms with Crippen LogP contribution in [0.15, 0.2) is 22.8 Å². The van der Waals surface area contributed by atoms with Gasteiger partial charge in [-0.25, -0.2) is 0 Å². The predicted molar refractivity (Wildman–Crippen MR) is 76.0 cm³/mol. The highest BCUT2D eigenvalue weighted by Crippen LogP contribution is 2.22. The van der Waals surface area contributed by atoms with E-state index in [1.807, 2.05) is 18.3 Å². The number of halogens is 1. The number of nitrogens with zero attached hydrogens (tertiary/aromatic N) is 2. The van der Waals surface area contributed by atoms with Gasteiger partial charge in [-0.2, -0.15) is 0 Å². The Kier molecular flexibility index (Phi) is 5.10. The molecule has 0 saturated heterocycles. The summed E-state index contributed by atoms with van der Waals surface area (Å²) in [6.45, 7) is 4.38. The van der Waals surface area contributed by atoms with E-state index in [4.69, 9.17) is 5.73 Å². The lowest BCUT2D eigenvalue weighted by atomic mass is 9.86. The zero-order chi connectivity index (χ0) is 13.1. The van der Waals surface area contributed by atoms with Crippen LogP contribution in [0.3, 0.4) is 0 Å². The summed E-state index contributed by atoms with van der Waals surface area (Å²) in [6.07, 6.45) is 3.65. The van der Waals surface area contributed by atoms with E-state index in [1.54, 1.807) is 0 Å². The van der Waals surface area contributed by atoms with Crippen molar-refractivity contribution < 1.29 is 0 Å². The van der Waals surface area contributed by atoms with Crippen molar-refractivity contribution in [2.24, 2.45) is 5.73 Å². The van der Waals surface area contributed by atoms with Crippen LogP contribution in [-0.2, 0) is 6.42 Å². The second kappa shape index (κ2) is 5.94. The second-order valence-electron chi connectivity index (χ2n) is 4.88. The van der Waals surface area contributed by atoms with E-state index >= 15 is 0 Å². The van der Waals surface area contributed by atoms with Crippen molar-refractivity contribution in [1.82, 2.24) is 9.88 Å². The Labute approximate surface area is 113 Å². The number of pyridine rings is 1. The molecule has 2 atom stereocenters. The highest BCUT2D eigenvalue weighted by molar-refractivity contribution is 9.10. The number of likely N-dealkylation sites (N-methyl/N-ethyl adjacent to an activating group) is 1. The summed E-state index contributed by atoms with van der Waals surface area (Å²) in [5.74, 6) is 0. The maximum Gasteiger partial charge on any atom is 0.0420 e. The summed E-state index contributed by atoms with van der Waals surface area (Å²) in [4.78, 5) is 6.58. The minimum absolute atomic E-state index is 0.00868. The molecule has 1 aromatic rings. The molecule has 17 heavy (non-hydrogen) atoms. The largest absolute Gasteiger partial charge is 0.326 e. The van der Waals surface area contributed by atoms with Crippen LogP contribution in [0.5, 0.6) is 0 Å². The number of hydrogen-bond donors (Lipinski definition) is 1. The van der Waals surface area contributed by atoms with Crippen LogP contribution in [-0.4, -0.2) is 35.6 Å². The lowest BCUT2D eigenvalue weighted by molar-refractivity contribution is 0.131. The minimum atomic E-state index is 0.00868. The lowest BCUT2D eigenvalue weighted by Gasteiger charge is -2.40. The van der Waals surface area contributed by atoms with E-state index in [9.17, 15) is 0 Å². The molecule has 4 heteroatoms. The summed E-state index contributed by atoms with van der Waals surface area (Å²) in [7, 11) is 4.16. The standard InChI is InChI=1S/C13H22BrN3/c1-5-13(2,17(3)4)12(15)8-11-7-6-10(14)9-16-11/h6-7,9,12H,5,8,15H2,1-4H3. The van der Waals surface area contributed by atoms with Crippen LogP contribution in [0.2, 0.25) is 0 Å². The monoisotopic (exact) mass is 299 g/mol. The van der Waals surface area contributed by atoms with Gasteiger partial charge in [0, 0.05) is 34.4 Å². The van der Waals surface area contributed by atoms with Crippen molar-refractivity contribution in [2.45, 2.75) is 38.3 Å². The molecule has 0 amide bonds. The quantitative estimate of drug-likeness (QED) is 0.908. The van der Waals surface area contributed by atoms with Gasteiger partial charge < -0.3 is 10.6 Å². The highest BCUT2D eigenvalue weighted by atomic mass is 79.9. The average Bonchev–Trinajstić information content (AvgIpc) is 2.30. The van der Waals surface area contributed by atoms with Crippen molar-refractivity contribution in [3.05, 3.63) is 28.5 Å². The van der Waals surface area contributed by atoms with Gasteiger partial charge in [-0.05, 0) is 55.5 Å². The third kappa shape index (κ3) is 3.50. The minimum Gasteiger partial charge on any atom is -0.326 e. The fraction of sp³-hybridized carbons (Fsp3) is 0.615. The Morgan fingerprint density at radius 3 is 2.53 bits per heavy atom. The molecule has 96 valence electrons. The van der Waals surface area contributed by atoms with Gasteiger partial charge in [-0.3, -0.25) is 4.98 Å². The van der Waals surface area contributed by atoms with Gasteiger partial charge in [-0.1, -0.05) is 6.92 Å². The number of hydrogen-bond acceptors (Lipinski definition) is 3. The average molecular weight is 300 g/mol. The molecule has 2 unspecified atom stereocenters. The molecule has 2 N–H and O–H groups in total. The van der Waals surface area contributed by atoms with Gasteiger partial charge in [0.25, 0.3) is 0 Å². The lowest BCUT2D eigenvalue weighted by Crippen LogP contribution is -2.55. The van der Waals surface area contributed by atoms with Crippen LogP contribution < -0.4 is 5.73 Å². The normalized spacial score (nSPS) is 16.9. The van der Waals surface area contributed by atoms with E-state index in [1.165, 1.54) is 0 Å². The molecule has 1 aromatic heterocycles. The van der Waals surface area contributed by atoms with Crippen molar-refractivity contribution in [2.75, 3.05) is 14.1 Å². The summed E-state index contributed by atoms with van der Waals surface area (Å²) >= 11 is 3.39. The third-order valence-corrected chi connectivity index (χ3v) is 4.22. The molecule has 3 nitrogen and oxygen atoms in total. The Bertz CT molecular complexity index is 350. The zero-order valence-corrected chi connectivity index (χ0v) is 12.7. The molecule has 0 bridgehead atoms. The Morgan fingerprint density at radius 1 is 1.47 bits per heavy atom. The Morgan fingerprint density at radius 2 is 2.12 bits per heavy atom. The zero-order valence-electron chi connectivity index (χ0n) is 11.1. The molecular formula is C13H22BrN3. The smallest absolute Gasteiger partial charge is 0.0420 e. The van der Waals surface area contributed by atoms with Crippen LogP contribution in [0, 0.1) is 0 Å². The fourth-order valence-corrected chi connectivity index (χ4v) is 2.12. The Hall–Kier alpha value is -0.450. The van der Waals surface area contributed by atoms with Gasteiger partial charge in [0.05, 0.1) is 0 Å². The topological polar surface area (TPSA) is 42.1 Å². The molecular weight excluding hydrogens is 278 g/mol. The van der Waals surface area contributed by atoms with Gasteiger partial charge in [-0.15, -0.1) is 0 Å².